The molecule has 1 aromatic carbocycles. The zero-order chi connectivity index (χ0) is 15.1. The van der Waals surface area contributed by atoms with Crippen LogP contribution in [0.4, 0.5) is 9.18 Å². The van der Waals surface area contributed by atoms with Crippen molar-refractivity contribution >= 4 is 6.03 Å². The maximum Gasteiger partial charge on any atom is 0.315 e. The SMILES string of the molecule is O=C(NCc1ccncc1)NCC(O)c1ccccc1F. The van der Waals surface area contributed by atoms with E-state index in [-0.39, 0.29) is 12.1 Å². The molecule has 0 saturated heterocycles. The van der Waals surface area contributed by atoms with Crippen molar-refractivity contribution in [3.8, 4) is 0 Å². The van der Waals surface area contributed by atoms with Crippen LogP contribution in [0.2, 0.25) is 0 Å². The van der Waals surface area contributed by atoms with Crippen LogP contribution in [0.1, 0.15) is 17.2 Å². The number of aromatic nitrogens is 1. The Morgan fingerprint density at radius 1 is 1.19 bits per heavy atom. The third-order valence-electron chi connectivity index (χ3n) is 2.92. The highest BCUT2D eigenvalue weighted by molar-refractivity contribution is 5.73. The normalized spacial score (nSPS) is 11.7. The van der Waals surface area contributed by atoms with Crippen LogP contribution in [0.5, 0.6) is 0 Å². The van der Waals surface area contributed by atoms with Gasteiger partial charge in [0.1, 0.15) is 5.82 Å². The van der Waals surface area contributed by atoms with Gasteiger partial charge in [-0.15, -0.1) is 0 Å². The highest BCUT2D eigenvalue weighted by Gasteiger charge is 2.13. The van der Waals surface area contributed by atoms with Gasteiger partial charge in [-0.2, -0.15) is 0 Å². The maximum absolute atomic E-state index is 13.4. The summed E-state index contributed by atoms with van der Waals surface area (Å²) in [7, 11) is 0. The Hall–Kier alpha value is -2.47. The molecule has 0 bridgehead atoms. The highest BCUT2D eigenvalue weighted by Crippen LogP contribution is 2.15. The van der Waals surface area contributed by atoms with Gasteiger partial charge in [0.25, 0.3) is 0 Å². The van der Waals surface area contributed by atoms with E-state index < -0.39 is 18.0 Å². The number of amides is 2. The van der Waals surface area contributed by atoms with Crippen LogP contribution in [0.3, 0.4) is 0 Å². The lowest BCUT2D eigenvalue weighted by Crippen LogP contribution is -2.37. The van der Waals surface area contributed by atoms with Crippen molar-refractivity contribution in [2.45, 2.75) is 12.6 Å². The Kier molecular flexibility index (Phi) is 5.22. The van der Waals surface area contributed by atoms with Gasteiger partial charge >= 0.3 is 6.03 Å². The number of aliphatic hydroxyl groups excluding tert-OH is 1. The molecule has 21 heavy (non-hydrogen) atoms. The summed E-state index contributed by atoms with van der Waals surface area (Å²) in [5.74, 6) is -0.496. The lowest BCUT2D eigenvalue weighted by atomic mass is 10.1. The number of nitrogens with zero attached hydrogens (tertiary/aromatic N) is 1. The van der Waals surface area contributed by atoms with Gasteiger partial charge < -0.3 is 15.7 Å². The number of hydrogen-bond acceptors (Lipinski definition) is 3. The summed E-state index contributed by atoms with van der Waals surface area (Å²) >= 11 is 0. The number of pyridine rings is 1. The first-order valence-electron chi connectivity index (χ1n) is 6.50. The van der Waals surface area contributed by atoms with Crippen LogP contribution in [0.25, 0.3) is 0 Å². The monoisotopic (exact) mass is 289 g/mol. The third-order valence-corrected chi connectivity index (χ3v) is 2.92. The molecule has 0 aliphatic carbocycles. The number of hydrogen-bond donors (Lipinski definition) is 3. The summed E-state index contributed by atoms with van der Waals surface area (Å²) in [6.07, 6.45) is 2.19. The molecule has 1 unspecified atom stereocenters. The number of carbonyl (C=O) groups is 1. The summed E-state index contributed by atoms with van der Waals surface area (Å²) in [5, 5.41) is 15.0. The van der Waals surface area contributed by atoms with Crippen molar-refractivity contribution < 1.29 is 14.3 Å². The second-order valence-electron chi connectivity index (χ2n) is 4.46. The van der Waals surface area contributed by atoms with Gasteiger partial charge in [0.2, 0.25) is 0 Å². The molecule has 0 aliphatic heterocycles. The molecule has 1 heterocycles. The zero-order valence-corrected chi connectivity index (χ0v) is 11.3. The Balaban J connectivity index is 1.77. The second-order valence-corrected chi connectivity index (χ2v) is 4.46. The molecule has 0 radical (unpaired) electrons. The molecule has 1 atom stereocenters. The summed E-state index contributed by atoms with van der Waals surface area (Å²) in [6.45, 7) is 0.285. The first kappa shape index (κ1) is 14.9. The topological polar surface area (TPSA) is 74.2 Å². The first-order chi connectivity index (χ1) is 10.2. The van der Waals surface area contributed by atoms with Gasteiger partial charge in [0, 0.05) is 31.0 Å². The minimum Gasteiger partial charge on any atom is -0.386 e. The van der Waals surface area contributed by atoms with Crippen LogP contribution >= 0.6 is 0 Å². The molecule has 2 amide bonds. The molecule has 0 aliphatic rings. The maximum atomic E-state index is 13.4. The van der Waals surface area contributed by atoms with Crippen LogP contribution in [-0.4, -0.2) is 22.7 Å². The van der Waals surface area contributed by atoms with Crippen molar-refractivity contribution in [2.24, 2.45) is 0 Å². The van der Waals surface area contributed by atoms with Gasteiger partial charge in [-0.1, -0.05) is 18.2 Å². The third kappa shape index (κ3) is 4.54. The number of aliphatic hydroxyl groups is 1. The van der Waals surface area contributed by atoms with Gasteiger partial charge in [0.15, 0.2) is 0 Å². The number of rotatable bonds is 5. The quantitative estimate of drug-likeness (QED) is 0.785. The molecule has 0 spiro atoms. The van der Waals surface area contributed by atoms with Gasteiger partial charge in [-0.25, -0.2) is 9.18 Å². The molecular formula is C15H16FN3O2. The molecule has 6 heteroatoms. The Morgan fingerprint density at radius 3 is 2.62 bits per heavy atom. The molecule has 2 aromatic rings. The average Bonchev–Trinajstić information content (AvgIpc) is 2.52. The predicted octanol–water partition coefficient (Wildman–Crippen LogP) is 1.75. The lowest BCUT2D eigenvalue weighted by Gasteiger charge is -2.13. The predicted molar refractivity (Wildman–Crippen MR) is 75.8 cm³/mol. The van der Waals surface area contributed by atoms with E-state index in [4.69, 9.17) is 0 Å². The second kappa shape index (κ2) is 7.35. The van der Waals surface area contributed by atoms with Gasteiger partial charge in [-0.05, 0) is 23.8 Å². The fourth-order valence-electron chi connectivity index (χ4n) is 1.79. The molecule has 0 fully saturated rings. The van der Waals surface area contributed by atoms with E-state index in [9.17, 15) is 14.3 Å². The first-order valence-corrected chi connectivity index (χ1v) is 6.50. The molecule has 3 N–H and O–H groups in total. The standard InChI is InChI=1S/C15H16FN3O2/c16-13-4-2-1-3-12(13)14(20)10-19-15(21)18-9-11-5-7-17-8-6-11/h1-8,14,20H,9-10H2,(H2,18,19,21). The van der Waals surface area contributed by atoms with Crippen LogP contribution < -0.4 is 10.6 Å². The zero-order valence-electron chi connectivity index (χ0n) is 11.3. The van der Waals surface area contributed by atoms with E-state index in [2.05, 4.69) is 15.6 Å². The number of benzene rings is 1. The summed E-state index contributed by atoms with van der Waals surface area (Å²) in [4.78, 5) is 15.5. The highest BCUT2D eigenvalue weighted by atomic mass is 19.1. The molecule has 5 nitrogen and oxygen atoms in total. The summed E-state index contributed by atoms with van der Waals surface area (Å²) in [5.41, 5.74) is 1.07. The van der Waals surface area contributed by atoms with Crippen molar-refractivity contribution in [1.82, 2.24) is 15.6 Å². The van der Waals surface area contributed by atoms with E-state index in [1.165, 1.54) is 12.1 Å². The van der Waals surface area contributed by atoms with Crippen molar-refractivity contribution in [3.05, 3.63) is 65.7 Å². The average molecular weight is 289 g/mol. The molecule has 1 aromatic heterocycles. The number of urea groups is 1. The fourth-order valence-corrected chi connectivity index (χ4v) is 1.79. The smallest absolute Gasteiger partial charge is 0.315 e. The van der Waals surface area contributed by atoms with Crippen molar-refractivity contribution in [1.29, 1.82) is 0 Å². The van der Waals surface area contributed by atoms with Crippen LogP contribution in [0, 0.1) is 5.82 Å². The molecule has 110 valence electrons. The van der Waals surface area contributed by atoms with Gasteiger partial charge in [0.05, 0.1) is 6.10 Å². The summed E-state index contributed by atoms with van der Waals surface area (Å²) in [6, 6.07) is 9.06. The van der Waals surface area contributed by atoms with Crippen LogP contribution in [-0.2, 0) is 6.54 Å². The van der Waals surface area contributed by atoms with E-state index >= 15 is 0 Å². The largest absolute Gasteiger partial charge is 0.386 e. The Morgan fingerprint density at radius 2 is 1.90 bits per heavy atom. The minimum atomic E-state index is -1.09. The van der Waals surface area contributed by atoms with E-state index in [0.717, 1.165) is 5.56 Å². The molecular weight excluding hydrogens is 273 g/mol. The number of halogens is 1. The van der Waals surface area contributed by atoms with E-state index in [1.807, 2.05) is 0 Å². The number of carbonyl (C=O) groups excluding carboxylic acids is 1. The van der Waals surface area contributed by atoms with Crippen molar-refractivity contribution in [2.75, 3.05) is 6.54 Å². The Labute approximate surface area is 121 Å². The fraction of sp³-hybridized carbons (Fsp3) is 0.200. The summed E-state index contributed by atoms with van der Waals surface area (Å²) < 4.78 is 13.4. The van der Waals surface area contributed by atoms with E-state index in [1.54, 1.807) is 36.7 Å². The van der Waals surface area contributed by atoms with Crippen molar-refractivity contribution in [3.63, 3.8) is 0 Å². The lowest BCUT2D eigenvalue weighted by molar-refractivity contribution is 0.169. The van der Waals surface area contributed by atoms with Crippen LogP contribution in [0.15, 0.2) is 48.8 Å². The number of nitrogens with one attached hydrogen (secondary N) is 2. The van der Waals surface area contributed by atoms with E-state index in [0.29, 0.717) is 6.54 Å². The molecule has 2 rings (SSSR count). The Bertz CT molecular complexity index is 592. The van der Waals surface area contributed by atoms with Gasteiger partial charge in [-0.3, -0.25) is 4.98 Å². The molecule has 0 saturated carbocycles. The minimum absolute atomic E-state index is 0.0664.